The molecule has 4 nitrogen and oxygen atoms in total. The van der Waals surface area contributed by atoms with E-state index in [0.717, 1.165) is 12.1 Å². The molecule has 0 aliphatic rings. The number of fused-ring (bicyclic) bond motifs is 1. The summed E-state index contributed by atoms with van der Waals surface area (Å²) in [7, 11) is 0. The monoisotopic (exact) mass is 363 g/mol. The van der Waals surface area contributed by atoms with E-state index >= 15 is 0 Å². The maximum absolute atomic E-state index is 13.7. The second-order valence-corrected chi connectivity index (χ2v) is 5.52. The Labute approximate surface area is 145 Å². The van der Waals surface area contributed by atoms with Crippen LogP contribution in [0.4, 0.5) is 28.0 Å². The van der Waals surface area contributed by atoms with Crippen LogP contribution in [0.3, 0.4) is 0 Å². The van der Waals surface area contributed by atoms with Crippen molar-refractivity contribution in [2.75, 3.05) is 5.32 Å². The van der Waals surface area contributed by atoms with Gasteiger partial charge in [-0.3, -0.25) is 4.98 Å². The SMILES string of the molecule is O=C(NCc1ccc(C(F)(F)F)cc1)Nc1ccc(F)c2cnccc12. The second-order valence-electron chi connectivity index (χ2n) is 5.52. The Balaban J connectivity index is 1.66. The number of alkyl halides is 3. The van der Waals surface area contributed by atoms with Crippen molar-refractivity contribution in [3.8, 4) is 0 Å². The van der Waals surface area contributed by atoms with E-state index in [-0.39, 0.29) is 11.9 Å². The summed E-state index contributed by atoms with van der Waals surface area (Å²) in [5.74, 6) is -0.455. The van der Waals surface area contributed by atoms with Gasteiger partial charge in [0.15, 0.2) is 0 Å². The van der Waals surface area contributed by atoms with Crippen LogP contribution in [-0.2, 0) is 12.7 Å². The number of urea groups is 1. The first-order valence-electron chi connectivity index (χ1n) is 7.58. The van der Waals surface area contributed by atoms with Gasteiger partial charge in [0.1, 0.15) is 5.82 Å². The summed E-state index contributed by atoms with van der Waals surface area (Å²) in [5, 5.41) is 5.90. The minimum atomic E-state index is -4.40. The van der Waals surface area contributed by atoms with E-state index in [2.05, 4.69) is 15.6 Å². The molecule has 8 heteroatoms. The van der Waals surface area contributed by atoms with Gasteiger partial charge in [0, 0.05) is 29.7 Å². The van der Waals surface area contributed by atoms with Gasteiger partial charge in [-0.15, -0.1) is 0 Å². The summed E-state index contributed by atoms with van der Waals surface area (Å²) in [6, 6.07) is 8.15. The van der Waals surface area contributed by atoms with Crippen LogP contribution in [0.15, 0.2) is 54.9 Å². The molecular weight excluding hydrogens is 350 g/mol. The molecule has 2 amide bonds. The lowest BCUT2D eigenvalue weighted by Crippen LogP contribution is -2.28. The van der Waals surface area contributed by atoms with E-state index in [9.17, 15) is 22.4 Å². The number of aromatic nitrogens is 1. The Morgan fingerprint density at radius 2 is 1.73 bits per heavy atom. The van der Waals surface area contributed by atoms with Crippen molar-refractivity contribution in [1.82, 2.24) is 10.3 Å². The van der Waals surface area contributed by atoms with Gasteiger partial charge in [-0.2, -0.15) is 13.2 Å². The van der Waals surface area contributed by atoms with E-state index in [4.69, 9.17) is 0 Å². The van der Waals surface area contributed by atoms with Crippen LogP contribution in [0, 0.1) is 5.82 Å². The zero-order valence-corrected chi connectivity index (χ0v) is 13.3. The summed E-state index contributed by atoms with van der Waals surface area (Å²) in [6.45, 7) is 0.0463. The molecule has 26 heavy (non-hydrogen) atoms. The van der Waals surface area contributed by atoms with E-state index in [1.165, 1.54) is 36.7 Å². The fraction of sp³-hybridized carbons (Fsp3) is 0.111. The molecule has 0 aliphatic heterocycles. The summed E-state index contributed by atoms with van der Waals surface area (Å²) in [4.78, 5) is 15.9. The Bertz CT molecular complexity index is 939. The first-order valence-corrected chi connectivity index (χ1v) is 7.58. The molecule has 2 N–H and O–H groups in total. The highest BCUT2D eigenvalue weighted by Crippen LogP contribution is 2.29. The molecule has 1 heterocycles. The molecule has 0 radical (unpaired) electrons. The molecule has 3 aromatic rings. The molecule has 0 saturated heterocycles. The molecular formula is C18H13F4N3O. The molecule has 0 fully saturated rings. The van der Waals surface area contributed by atoms with Crippen LogP contribution in [-0.4, -0.2) is 11.0 Å². The minimum absolute atomic E-state index is 0.0463. The Morgan fingerprint density at radius 3 is 2.42 bits per heavy atom. The smallest absolute Gasteiger partial charge is 0.334 e. The van der Waals surface area contributed by atoms with E-state index in [0.29, 0.717) is 16.6 Å². The van der Waals surface area contributed by atoms with Crippen molar-refractivity contribution in [2.24, 2.45) is 0 Å². The first kappa shape index (κ1) is 17.7. The number of amides is 2. The van der Waals surface area contributed by atoms with Crippen LogP contribution in [0.1, 0.15) is 11.1 Å². The Kier molecular flexibility index (Phi) is 4.75. The average molecular weight is 363 g/mol. The third-order valence-electron chi connectivity index (χ3n) is 3.75. The van der Waals surface area contributed by atoms with Crippen LogP contribution >= 0.6 is 0 Å². The highest BCUT2D eigenvalue weighted by atomic mass is 19.4. The van der Waals surface area contributed by atoms with Gasteiger partial charge in [-0.25, -0.2) is 9.18 Å². The van der Waals surface area contributed by atoms with Crippen molar-refractivity contribution >= 4 is 22.5 Å². The van der Waals surface area contributed by atoms with Gasteiger partial charge < -0.3 is 10.6 Å². The Hall–Kier alpha value is -3.16. The number of nitrogens with zero attached hydrogens (tertiary/aromatic N) is 1. The Morgan fingerprint density at radius 1 is 1.00 bits per heavy atom. The molecule has 0 atom stereocenters. The van der Waals surface area contributed by atoms with Crippen LogP contribution < -0.4 is 10.6 Å². The fourth-order valence-electron chi connectivity index (χ4n) is 2.43. The van der Waals surface area contributed by atoms with E-state index < -0.39 is 23.6 Å². The number of hydrogen-bond donors (Lipinski definition) is 2. The number of hydrogen-bond acceptors (Lipinski definition) is 2. The van der Waals surface area contributed by atoms with E-state index in [1.54, 1.807) is 6.07 Å². The summed E-state index contributed by atoms with van der Waals surface area (Å²) < 4.78 is 51.3. The number of nitrogens with one attached hydrogen (secondary N) is 2. The minimum Gasteiger partial charge on any atom is -0.334 e. The van der Waals surface area contributed by atoms with Gasteiger partial charge in [0.25, 0.3) is 0 Å². The van der Waals surface area contributed by atoms with Crippen molar-refractivity contribution in [3.63, 3.8) is 0 Å². The number of halogens is 4. The molecule has 134 valence electrons. The number of benzene rings is 2. The van der Waals surface area contributed by atoms with Crippen LogP contribution in [0.25, 0.3) is 10.8 Å². The molecule has 0 bridgehead atoms. The lowest BCUT2D eigenvalue weighted by atomic mass is 10.1. The molecule has 0 aliphatic carbocycles. The predicted octanol–water partition coefficient (Wildman–Crippen LogP) is 4.71. The van der Waals surface area contributed by atoms with Gasteiger partial charge in [-0.05, 0) is 35.9 Å². The van der Waals surface area contributed by atoms with Crippen molar-refractivity contribution in [2.45, 2.75) is 12.7 Å². The zero-order valence-electron chi connectivity index (χ0n) is 13.3. The van der Waals surface area contributed by atoms with Crippen molar-refractivity contribution in [1.29, 1.82) is 0 Å². The highest BCUT2D eigenvalue weighted by Gasteiger charge is 2.29. The summed E-state index contributed by atoms with van der Waals surface area (Å²) >= 11 is 0. The van der Waals surface area contributed by atoms with Crippen LogP contribution in [0.2, 0.25) is 0 Å². The third kappa shape index (κ3) is 3.90. The van der Waals surface area contributed by atoms with Gasteiger partial charge in [0.05, 0.1) is 11.3 Å². The number of carbonyl (C=O) groups is 1. The average Bonchev–Trinajstić information content (AvgIpc) is 2.62. The number of pyridine rings is 1. The summed E-state index contributed by atoms with van der Waals surface area (Å²) in [5.41, 5.74) is 0.159. The number of carbonyl (C=O) groups excluding carboxylic acids is 1. The highest BCUT2D eigenvalue weighted by molar-refractivity contribution is 6.01. The van der Waals surface area contributed by atoms with Crippen molar-refractivity contribution < 1.29 is 22.4 Å². The van der Waals surface area contributed by atoms with Crippen molar-refractivity contribution in [3.05, 3.63) is 71.8 Å². The molecule has 0 spiro atoms. The quantitative estimate of drug-likeness (QED) is 0.662. The topological polar surface area (TPSA) is 54.0 Å². The van der Waals surface area contributed by atoms with Gasteiger partial charge in [-0.1, -0.05) is 12.1 Å². The molecule has 0 unspecified atom stereocenters. The number of anilines is 1. The second kappa shape index (κ2) is 6.99. The fourth-order valence-corrected chi connectivity index (χ4v) is 2.43. The predicted molar refractivity (Wildman–Crippen MR) is 89.0 cm³/mol. The lowest BCUT2D eigenvalue weighted by Gasteiger charge is -2.11. The van der Waals surface area contributed by atoms with Gasteiger partial charge in [0.2, 0.25) is 0 Å². The molecule has 1 aromatic heterocycles. The molecule has 0 saturated carbocycles. The molecule has 3 rings (SSSR count). The molecule has 2 aromatic carbocycles. The largest absolute Gasteiger partial charge is 0.416 e. The van der Waals surface area contributed by atoms with E-state index in [1.807, 2.05) is 0 Å². The first-order chi connectivity index (χ1) is 12.3. The van der Waals surface area contributed by atoms with Crippen LogP contribution in [0.5, 0.6) is 0 Å². The van der Waals surface area contributed by atoms with Gasteiger partial charge >= 0.3 is 12.2 Å². The number of rotatable bonds is 3. The maximum atomic E-state index is 13.7. The lowest BCUT2D eigenvalue weighted by molar-refractivity contribution is -0.137. The maximum Gasteiger partial charge on any atom is 0.416 e. The summed E-state index contributed by atoms with van der Waals surface area (Å²) in [6.07, 6.45) is -1.56. The normalized spacial score (nSPS) is 11.4. The standard InChI is InChI=1S/C18H13F4N3O/c19-15-5-6-16(13-7-8-23-10-14(13)15)25-17(26)24-9-11-1-3-12(4-2-11)18(20,21)22/h1-8,10H,9H2,(H2,24,25,26). The third-order valence-corrected chi connectivity index (χ3v) is 3.75. The zero-order chi connectivity index (χ0) is 18.7.